The highest BCUT2D eigenvalue weighted by molar-refractivity contribution is 7.87. The Labute approximate surface area is 231 Å². The molecule has 3 N–H and O–H groups in total. The van der Waals surface area contributed by atoms with Gasteiger partial charge in [-0.2, -0.15) is 8.42 Å². The summed E-state index contributed by atoms with van der Waals surface area (Å²) in [6.07, 6.45) is 8.93. The van der Waals surface area contributed by atoms with Gasteiger partial charge in [-0.25, -0.2) is 4.79 Å². The molecule has 0 bridgehead atoms. The number of nitrogens with zero attached hydrogens (tertiary/aromatic N) is 1. The largest absolute Gasteiger partial charge is 0.481 e. The minimum Gasteiger partial charge on any atom is -0.481 e. The molecule has 0 aromatic rings. The third-order valence-electron chi connectivity index (χ3n) is 6.84. The van der Waals surface area contributed by atoms with Crippen molar-refractivity contribution in [2.75, 3.05) is 19.8 Å². The standard InChI is InChI=1S/C26H46N2O10S/c1-3-5-7-9-11-13-15-26(16-14-12-10-8-6-4-2,24(32)27-20-28-17-18-37-25(28)33)38-23(31)21(19-22(29)30)39(34,35)36/h21H,3-20H2,1-2H3,(H,27,32)(H,29,30)(H,34,35,36). The molecular formula is C26H46N2O10S. The topological polar surface area (TPSA) is 177 Å². The second-order valence-electron chi connectivity index (χ2n) is 10.1. The van der Waals surface area contributed by atoms with Gasteiger partial charge >= 0.3 is 18.0 Å². The number of cyclic esters (lactones) is 1. The lowest BCUT2D eigenvalue weighted by Crippen LogP contribution is -2.54. The number of amides is 2. The van der Waals surface area contributed by atoms with Gasteiger partial charge < -0.3 is 19.9 Å². The quantitative estimate of drug-likeness (QED) is 0.0965. The average Bonchev–Trinajstić information content (AvgIpc) is 3.28. The predicted molar refractivity (Wildman–Crippen MR) is 143 cm³/mol. The first kappa shape index (κ1) is 34.6. The fourth-order valence-electron chi connectivity index (χ4n) is 4.51. The Kier molecular flexibility index (Phi) is 16.0. The van der Waals surface area contributed by atoms with Crippen LogP contribution in [0.5, 0.6) is 0 Å². The molecule has 1 heterocycles. The second-order valence-corrected chi connectivity index (χ2v) is 11.7. The summed E-state index contributed by atoms with van der Waals surface area (Å²) in [7, 11) is -5.12. The Balaban J connectivity index is 3.19. The van der Waals surface area contributed by atoms with Crippen molar-refractivity contribution in [1.29, 1.82) is 0 Å². The summed E-state index contributed by atoms with van der Waals surface area (Å²) in [4.78, 5) is 50.9. The third kappa shape index (κ3) is 13.0. The van der Waals surface area contributed by atoms with Gasteiger partial charge in [-0.05, 0) is 25.7 Å². The van der Waals surface area contributed by atoms with Crippen LogP contribution in [-0.4, -0.2) is 77.6 Å². The van der Waals surface area contributed by atoms with Gasteiger partial charge in [0.15, 0.2) is 10.9 Å². The highest BCUT2D eigenvalue weighted by Crippen LogP contribution is 2.30. The SMILES string of the molecule is CCCCCCCCC(CCCCCCCC)(OC(=O)C(CC(=O)O)S(=O)(=O)O)C(=O)NCN1CCOC1=O. The van der Waals surface area contributed by atoms with E-state index < -0.39 is 51.3 Å². The summed E-state index contributed by atoms with van der Waals surface area (Å²) >= 11 is 0. The molecular weight excluding hydrogens is 532 g/mol. The number of esters is 1. The van der Waals surface area contributed by atoms with Crippen LogP contribution in [0.2, 0.25) is 0 Å². The number of carbonyl (C=O) groups excluding carboxylic acids is 3. The normalized spacial score (nSPS) is 14.6. The van der Waals surface area contributed by atoms with E-state index in [0.29, 0.717) is 12.8 Å². The first-order chi connectivity index (χ1) is 18.5. The van der Waals surface area contributed by atoms with Crippen LogP contribution >= 0.6 is 0 Å². The zero-order valence-corrected chi connectivity index (χ0v) is 24.1. The number of rotatable bonds is 22. The van der Waals surface area contributed by atoms with E-state index in [0.717, 1.165) is 64.2 Å². The fraction of sp³-hybridized carbons (Fsp3) is 0.846. The number of unbranched alkanes of at least 4 members (excludes halogenated alkanes) is 10. The Bertz CT molecular complexity index is 877. The maximum atomic E-state index is 13.6. The molecule has 0 saturated carbocycles. The Morgan fingerprint density at radius 1 is 0.974 bits per heavy atom. The predicted octanol–water partition coefficient (Wildman–Crippen LogP) is 4.03. The van der Waals surface area contributed by atoms with E-state index >= 15 is 0 Å². The third-order valence-corrected chi connectivity index (χ3v) is 7.91. The monoisotopic (exact) mass is 578 g/mol. The molecule has 0 aromatic heterocycles. The van der Waals surface area contributed by atoms with E-state index in [2.05, 4.69) is 19.2 Å². The highest BCUT2D eigenvalue weighted by Gasteiger charge is 2.46. The van der Waals surface area contributed by atoms with Gasteiger partial charge in [0.05, 0.1) is 19.6 Å². The Hall–Kier alpha value is -2.41. The highest BCUT2D eigenvalue weighted by atomic mass is 32.2. The molecule has 2 amide bonds. The smallest absolute Gasteiger partial charge is 0.411 e. The van der Waals surface area contributed by atoms with E-state index in [1.807, 2.05) is 0 Å². The van der Waals surface area contributed by atoms with Crippen molar-refractivity contribution in [3.8, 4) is 0 Å². The van der Waals surface area contributed by atoms with Crippen LogP contribution in [0.3, 0.4) is 0 Å². The zero-order valence-electron chi connectivity index (χ0n) is 23.3. The fourth-order valence-corrected chi connectivity index (χ4v) is 5.15. The molecule has 13 heteroatoms. The zero-order chi connectivity index (χ0) is 29.3. The van der Waals surface area contributed by atoms with Crippen molar-refractivity contribution in [2.24, 2.45) is 0 Å². The van der Waals surface area contributed by atoms with Gasteiger partial charge in [-0.3, -0.25) is 23.8 Å². The van der Waals surface area contributed by atoms with Gasteiger partial charge in [0.1, 0.15) is 6.61 Å². The van der Waals surface area contributed by atoms with Crippen molar-refractivity contribution in [3.05, 3.63) is 0 Å². The number of hydrogen-bond acceptors (Lipinski definition) is 8. The first-order valence-electron chi connectivity index (χ1n) is 14.1. The Morgan fingerprint density at radius 3 is 1.92 bits per heavy atom. The van der Waals surface area contributed by atoms with E-state index in [1.165, 1.54) is 4.90 Å². The van der Waals surface area contributed by atoms with E-state index in [4.69, 9.17) is 14.6 Å². The molecule has 12 nitrogen and oxygen atoms in total. The minimum absolute atomic E-state index is 0.0847. The first-order valence-corrected chi connectivity index (χ1v) is 15.6. The molecule has 0 radical (unpaired) electrons. The van der Waals surface area contributed by atoms with Crippen LogP contribution in [0.4, 0.5) is 4.79 Å². The number of carboxylic acid groups (broad SMARTS) is 1. The lowest BCUT2D eigenvalue weighted by molar-refractivity contribution is -0.171. The van der Waals surface area contributed by atoms with Crippen LogP contribution in [0.25, 0.3) is 0 Å². The maximum absolute atomic E-state index is 13.6. The van der Waals surface area contributed by atoms with Crippen LogP contribution in [0.15, 0.2) is 0 Å². The molecule has 0 aliphatic carbocycles. The molecule has 226 valence electrons. The molecule has 0 aromatic carbocycles. The summed E-state index contributed by atoms with van der Waals surface area (Å²) in [6.45, 7) is 4.43. The number of carbonyl (C=O) groups is 4. The number of carboxylic acids is 1. The number of aliphatic carboxylic acids is 1. The van der Waals surface area contributed by atoms with Crippen LogP contribution < -0.4 is 5.32 Å². The summed E-state index contributed by atoms with van der Waals surface area (Å²) in [5.74, 6) is -3.82. The van der Waals surface area contributed by atoms with E-state index in [1.54, 1.807) is 0 Å². The molecule has 1 rings (SSSR count). The van der Waals surface area contributed by atoms with Crippen molar-refractivity contribution >= 4 is 34.1 Å². The van der Waals surface area contributed by atoms with Crippen molar-refractivity contribution in [1.82, 2.24) is 10.2 Å². The van der Waals surface area contributed by atoms with E-state index in [9.17, 15) is 32.1 Å². The van der Waals surface area contributed by atoms with Crippen LogP contribution in [0.1, 0.15) is 110 Å². The van der Waals surface area contributed by atoms with Crippen molar-refractivity contribution in [2.45, 2.75) is 121 Å². The minimum atomic E-state index is -5.12. The molecule has 0 spiro atoms. The summed E-state index contributed by atoms with van der Waals surface area (Å²) in [5, 5.41) is 9.36. The van der Waals surface area contributed by atoms with Gasteiger partial charge in [-0.1, -0.05) is 78.1 Å². The average molecular weight is 579 g/mol. The summed E-state index contributed by atoms with van der Waals surface area (Å²) in [6, 6.07) is 0. The van der Waals surface area contributed by atoms with Gasteiger partial charge in [-0.15, -0.1) is 0 Å². The molecule has 1 aliphatic rings. The number of hydrogen-bond donors (Lipinski definition) is 3. The summed E-state index contributed by atoms with van der Waals surface area (Å²) in [5.41, 5.74) is -1.79. The Morgan fingerprint density at radius 2 is 1.49 bits per heavy atom. The lowest BCUT2D eigenvalue weighted by Gasteiger charge is -2.34. The van der Waals surface area contributed by atoms with E-state index in [-0.39, 0.29) is 32.7 Å². The van der Waals surface area contributed by atoms with Crippen LogP contribution in [0, 0.1) is 0 Å². The number of ether oxygens (including phenoxy) is 2. The number of nitrogens with one attached hydrogen (secondary N) is 1. The van der Waals surface area contributed by atoms with Crippen molar-refractivity contribution in [3.63, 3.8) is 0 Å². The molecule has 1 fully saturated rings. The maximum Gasteiger partial charge on any atom is 0.411 e. The molecule has 1 saturated heterocycles. The molecule has 1 unspecified atom stereocenters. The molecule has 1 atom stereocenters. The molecule has 39 heavy (non-hydrogen) atoms. The van der Waals surface area contributed by atoms with Gasteiger partial charge in [0.2, 0.25) is 0 Å². The lowest BCUT2D eigenvalue weighted by atomic mass is 9.88. The van der Waals surface area contributed by atoms with Crippen LogP contribution in [-0.2, 0) is 34.0 Å². The summed E-state index contributed by atoms with van der Waals surface area (Å²) < 4.78 is 43.7. The van der Waals surface area contributed by atoms with Gasteiger partial charge in [0.25, 0.3) is 16.0 Å². The second kappa shape index (κ2) is 18.0. The molecule has 1 aliphatic heterocycles. The van der Waals surface area contributed by atoms with Crippen molar-refractivity contribution < 1.29 is 46.7 Å². The van der Waals surface area contributed by atoms with Gasteiger partial charge in [0, 0.05) is 0 Å².